The highest BCUT2D eigenvalue weighted by Gasteiger charge is 2.07. The Bertz CT molecular complexity index is 1240. The van der Waals surface area contributed by atoms with Gasteiger partial charge in [0.15, 0.2) is 0 Å². The molecule has 5 aromatic rings. The Kier molecular flexibility index (Phi) is 5.48. The van der Waals surface area contributed by atoms with Crippen molar-refractivity contribution < 1.29 is 0 Å². The van der Waals surface area contributed by atoms with E-state index in [1.54, 1.807) is 0 Å². The van der Waals surface area contributed by atoms with Crippen LogP contribution in [0.1, 0.15) is 36.8 Å². The highest BCUT2D eigenvalue weighted by molar-refractivity contribution is 6.02. The summed E-state index contributed by atoms with van der Waals surface area (Å²) >= 11 is 0. The minimum atomic E-state index is 1.16. The second kappa shape index (κ2) is 8.71. The van der Waals surface area contributed by atoms with Gasteiger partial charge in [-0.2, -0.15) is 0 Å². The lowest BCUT2D eigenvalue weighted by atomic mass is 9.93. The van der Waals surface area contributed by atoms with E-state index in [0.717, 1.165) is 6.42 Å². The highest BCUT2D eigenvalue weighted by Crippen LogP contribution is 2.30. The first-order valence-electron chi connectivity index (χ1n) is 11.3. The van der Waals surface area contributed by atoms with Crippen molar-refractivity contribution in [3.8, 4) is 0 Å². The van der Waals surface area contributed by atoms with Crippen molar-refractivity contribution in [2.45, 2.75) is 38.5 Å². The Morgan fingerprint density at radius 2 is 0.933 bits per heavy atom. The lowest BCUT2D eigenvalue weighted by Crippen LogP contribution is -1.92. The Morgan fingerprint density at radius 1 is 0.400 bits per heavy atom. The molecule has 0 nitrogen and oxygen atoms in total. The topological polar surface area (TPSA) is 0 Å². The predicted octanol–water partition coefficient (Wildman–Crippen LogP) is 8.49. The van der Waals surface area contributed by atoms with E-state index < -0.39 is 0 Å². The first-order valence-corrected chi connectivity index (χ1v) is 11.3. The summed E-state index contributed by atoms with van der Waals surface area (Å²) < 4.78 is 0. The van der Waals surface area contributed by atoms with Gasteiger partial charge in [0.05, 0.1) is 0 Å². The van der Waals surface area contributed by atoms with Gasteiger partial charge in [-0.15, -0.1) is 0 Å². The van der Waals surface area contributed by atoms with Crippen LogP contribution in [0, 0.1) is 0 Å². The number of aryl methyl sites for hydroxylation is 2. The molecule has 0 spiro atoms. The van der Waals surface area contributed by atoms with Gasteiger partial charge in [0.25, 0.3) is 0 Å². The van der Waals surface area contributed by atoms with Crippen LogP contribution in [0.3, 0.4) is 0 Å². The van der Waals surface area contributed by atoms with Gasteiger partial charge in [-0.05, 0) is 75.2 Å². The number of rotatable bonds is 7. The second-order valence-corrected chi connectivity index (χ2v) is 8.35. The van der Waals surface area contributed by atoms with Crippen molar-refractivity contribution >= 4 is 32.3 Å². The average Bonchev–Trinajstić information content (AvgIpc) is 2.80. The first-order chi connectivity index (χ1) is 14.9. The molecule has 0 saturated heterocycles. The molecular weight excluding hydrogens is 360 g/mol. The van der Waals surface area contributed by atoms with Gasteiger partial charge in [-0.3, -0.25) is 0 Å². The maximum absolute atomic E-state index is 2.33. The molecule has 30 heavy (non-hydrogen) atoms. The molecule has 0 saturated carbocycles. The normalized spacial score (nSPS) is 11.5. The Morgan fingerprint density at radius 3 is 1.63 bits per heavy atom. The molecule has 0 atom stereocenters. The number of hydrogen-bond acceptors (Lipinski definition) is 0. The molecule has 0 aliphatic carbocycles. The van der Waals surface area contributed by atoms with E-state index >= 15 is 0 Å². The van der Waals surface area contributed by atoms with E-state index in [-0.39, 0.29) is 0 Å². The van der Waals surface area contributed by atoms with E-state index in [0.29, 0.717) is 0 Å². The van der Waals surface area contributed by atoms with Crippen molar-refractivity contribution in [3.63, 3.8) is 0 Å². The lowest BCUT2D eigenvalue weighted by Gasteiger charge is -2.12. The van der Waals surface area contributed by atoms with Crippen LogP contribution in [0.5, 0.6) is 0 Å². The van der Waals surface area contributed by atoms with E-state index in [1.165, 1.54) is 75.5 Å². The quantitative estimate of drug-likeness (QED) is 0.194. The molecule has 0 amide bonds. The molecular formula is C30H28. The third-order valence-electron chi connectivity index (χ3n) is 6.39. The van der Waals surface area contributed by atoms with Gasteiger partial charge in [-0.25, -0.2) is 0 Å². The molecule has 0 aliphatic heterocycles. The van der Waals surface area contributed by atoms with Gasteiger partial charge in [0.1, 0.15) is 0 Å². The van der Waals surface area contributed by atoms with E-state index in [1.807, 2.05) is 0 Å². The zero-order valence-electron chi connectivity index (χ0n) is 17.5. The third kappa shape index (κ3) is 3.83. The van der Waals surface area contributed by atoms with Crippen LogP contribution >= 0.6 is 0 Å². The minimum Gasteiger partial charge on any atom is -0.0616 e. The van der Waals surface area contributed by atoms with E-state index in [4.69, 9.17) is 0 Å². The Balaban J connectivity index is 1.23. The minimum absolute atomic E-state index is 1.16. The molecule has 0 fully saturated rings. The molecule has 0 radical (unpaired) electrons. The van der Waals surface area contributed by atoms with Crippen molar-refractivity contribution in [1.29, 1.82) is 0 Å². The number of hydrogen-bond donors (Lipinski definition) is 0. The smallest absolute Gasteiger partial charge is 0.0146 e. The second-order valence-electron chi connectivity index (χ2n) is 8.35. The number of fused-ring (bicyclic) bond motifs is 3. The van der Waals surface area contributed by atoms with Gasteiger partial charge in [0, 0.05) is 0 Å². The SMILES string of the molecule is c1ccc2c(CCCCCCc3c4ccccc4cc4ccccc34)cccc2c1. The highest BCUT2D eigenvalue weighted by atomic mass is 14.1. The van der Waals surface area contributed by atoms with E-state index in [9.17, 15) is 0 Å². The molecule has 5 rings (SSSR count). The maximum atomic E-state index is 2.33. The van der Waals surface area contributed by atoms with Crippen molar-refractivity contribution in [3.05, 3.63) is 108 Å². The zero-order chi connectivity index (χ0) is 20.2. The molecule has 0 unspecified atom stereocenters. The van der Waals surface area contributed by atoms with Crippen LogP contribution in [-0.2, 0) is 12.8 Å². The summed E-state index contributed by atoms with van der Waals surface area (Å²) in [7, 11) is 0. The largest absolute Gasteiger partial charge is 0.0616 e. The lowest BCUT2D eigenvalue weighted by molar-refractivity contribution is 0.643. The maximum Gasteiger partial charge on any atom is -0.0146 e. The van der Waals surface area contributed by atoms with Gasteiger partial charge >= 0.3 is 0 Å². The predicted molar refractivity (Wildman–Crippen MR) is 131 cm³/mol. The fourth-order valence-electron chi connectivity index (χ4n) is 4.86. The number of benzene rings is 5. The summed E-state index contributed by atoms with van der Waals surface area (Å²) in [5, 5.41) is 8.35. The van der Waals surface area contributed by atoms with Crippen LogP contribution in [0.15, 0.2) is 97.1 Å². The molecule has 0 bridgehead atoms. The Labute approximate surface area is 179 Å². The average molecular weight is 389 g/mol. The summed E-state index contributed by atoms with van der Waals surface area (Å²) in [5.74, 6) is 0. The van der Waals surface area contributed by atoms with Crippen molar-refractivity contribution in [1.82, 2.24) is 0 Å². The molecule has 0 N–H and O–H groups in total. The summed E-state index contributed by atoms with van der Waals surface area (Å²) in [4.78, 5) is 0. The number of unbranched alkanes of at least 4 members (excludes halogenated alkanes) is 3. The van der Waals surface area contributed by atoms with Crippen molar-refractivity contribution in [2.75, 3.05) is 0 Å². The summed E-state index contributed by atoms with van der Waals surface area (Å²) in [6, 6.07) is 35.5. The molecule has 0 aromatic heterocycles. The summed E-state index contributed by atoms with van der Waals surface area (Å²) in [6.45, 7) is 0. The van der Waals surface area contributed by atoms with Gasteiger partial charge in [0.2, 0.25) is 0 Å². The van der Waals surface area contributed by atoms with Gasteiger partial charge in [-0.1, -0.05) is 104 Å². The fraction of sp³-hybridized carbons (Fsp3) is 0.200. The zero-order valence-corrected chi connectivity index (χ0v) is 17.5. The van der Waals surface area contributed by atoms with Crippen LogP contribution in [0.25, 0.3) is 32.3 Å². The summed E-state index contributed by atoms with van der Waals surface area (Å²) in [6.07, 6.45) is 7.46. The van der Waals surface area contributed by atoms with Crippen LogP contribution in [0.4, 0.5) is 0 Å². The molecule has 0 aliphatic rings. The van der Waals surface area contributed by atoms with E-state index in [2.05, 4.69) is 97.1 Å². The van der Waals surface area contributed by atoms with Crippen LogP contribution in [-0.4, -0.2) is 0 Å². The van der Waals surface area contributed by atoms with Gasteiger partial charge < -0.3 is 0 Å². The third-order valence-corrected chi connectivity index (χ3v) is 6.39. The molecule has 0 heterocycles. The summed E-state index contributed by atoms with van der Waals surface area (Å²) in [5.41, 5.74) is 3.02. The van der Waals surface area contributed by atoms with Crippen LogP contribution in [0.2, 0.25) is 0 Å². The monoisotopic (exact) mass is 388 g/mol. The van der Waals surface area contributed by atoms with Crippen LogP contribution < -0.4 is 0 Å². The fourth-order valence-corrected chi connectivity index (χ4v) is 4.86. The molecule has 5 aromatic carbocycles. The molecule has 0 heteroatoms. The van der Waals surface area contributed by atoms with Crippen molar-refractivity contribution in [2.24, 2.45) is 0 Å². The Hall–Kier alpha value is -3.12. The standard InChI is InChI=1S/C30H28/c1(3-12-23-16-11-17-24-13-5-8-18-27(23)24)2-4-21-30-28-19-9-6-14-25(28)22-26-15-7-10-20-29(26)30/h5-11,13-20,22H,1-4,12,21H2. The molecule has 148 valence electrons. The first kappa shape index (κ1) is 18.9.